The van der Waals surface area contributed by atoms with Crippen molar-refractivity contribution in [2.24, 2.45) is 5.92 Å². The maximum atomic E-state index is 5.98. The summed E-state index contributed by atoms with van der Waals surface area (Å²) in [4.78, 5) is 7.43. The predicted molar refractivity (Wildman–Crippen MR) is 157 cm³/mol. The smallest absolute Gasteiger partial charge is 0.127 e. The number of ether oxygens (including phenoxy) is 2. The van der Waals surface area contributed by atoms with Crippen molar-refractivity contribution < 1.29 is 9.47 Å². The van der Waals surface area contributed by atoms with Gasteiger partial charge < -0.3 is 18.9 Å². The molecule has 0 aliphatic carbocycles. The van der Waals surface area contributed by atoms with E-state index in [2.05, 4.69) is 67.6 Å². The lowest BCUT2D eigenvalue weighted by Gasteiger charge is -2.17. The van der Waals surface area contributed by atoms with Gasteiger partial charge in [-0.05, 0) is 98.2 Å². The van der Waals surface area contributed by atoms with Crippen LogP contribution in [0.4, 0.5) is 0 Å². The van der Waals surface area contributed by atoms with Gasteiger partial charge in [-0.1, -0.05) is 39.3 Å². The number of aromatic nitrogens is 2. The first-order chi connectivity index (χ1) is 18.4. The highest BCUT2D eigenvalue weighted by molar-refractivity contribution is 6.30. The molecule has 200 valence electrons. The molecule has 1 aromatic heterocycles. The zero-order valence-corrected chi connectivity index (χ0v) is 23.6. The van der Waals surface area contributed by atoms with E-state index in [4.69, 9.17) is 26.1 Å². The monoisotopic (exact) mass is 531 g/mol. The van der Waals surface area contributed by atoms with Crippen LogP contribution in [0.25, 0.3) is 16.9 Å². The molecule has 0 saturated carbocycles. The molecule has 5 nitrogen and oxygen atoms in total. The van der Waals surface area contributed by atoms with Gasteiger partial charge in [0.05, 0.1) is 12.3 Å². The average molecular weight is 532 g/mol. The molecule has 6 heteroatoms. The summed E-state index contributed by atoms with van der Waals surface area (Å²) in [7, 11) is 0. The van der Waals surface area contributed by atoms with Crippen LogP contribution in [0, 0.1) is 5.92 Å². The Morgan fingerprint density at radius 3 is 2.05 bits per heavy atom. The highest BCUT2D eigenvalue weighted by Crippen LogP contribution is 2.28. The molecule has 0 saturated heterocycles. The molecule has 4 aromatic rings. The number of rotatable bonds is 13. The summed E-state index contributed by atoms with van der Waals surface area (Å²) in [6.07, 6.45) is 4.03. The lowest BCUT2D eigenvalue weighted by Crippen LogP contribution is -2.25. The number of imidazole rings is 1. The Kier molecular flexibility index (Phi) is 9.85. The lowest BCUT2D eigenvalue weighted by molar-refractivity contribution is 0.249. The SMILES string of the molecule is CCN(CC)CCCOc1ccc(-c2cn(-c3ccc(Oc4ccc(Cl)cc4)cc3)c(CC(C)C)n2)cc1. The maximum absolute atomic E-state index is 5.98. The van der Waals surface area contributed by atoms with Crippen molar-refractivity contribution >= 4 is 11.6 Å². The molecule has 0 aliphatic rings. The van der Waals surface area contributed by atoms with Crippen LogP contribution >= 0.6 is 11.6 Å². The Labute approximate surface area is 232 Å². The molecule has 0 spiro atoms. The van der Waals surface area contributed by atoms with Crippen LogP contribution < -0.4 is 9.47 Å². The van der Waals surface area contributed by atoms with Gasteiger partial charge in [0.1, 0.15) is 23.1 Å². The lowest BCUT2D eigenvalue weighted by atomic mass is 10.1. The van der Waals surface area contributed by atoms with Crippen LogP contribution in [-0.2, 0) is 6.42 Å². The summed E-state index contributed by atoms with van der Waals surface area (Å²) in [6.45, 7) is 12.8. The van der Waals surface area contributed by atoms with E-state index in [0.717, 1.165) is 79.1 Å². The van der Waals surface area contributed by atoms with E-state index in [1.54, 1.807) is 0 Å². The van der Waals surface area contributed by atoms with E-state index in [1.165, 1.54) is 0 Å². The van der Waals surface area contributed by atoms with Crippen LogP contribution in [0.5, 0.6) is 17.2 Å². The largest absolute Gasteiger partial charge is 0.494 e. The number of nitrogens with zero attached hydrogens (tertiary/aromatic N) is 3. The van der Waals surface area contributed by atoms with Gasteiger partial charge in [0, 0.05) is 35.4 Å². The van der Waals surface area contributed by atoms with Crippen molar-refractivity contribution in [3.05, 3.63) is 89.8 Å². The first-order valence-electron chi connectivity index (χ1n) is 13.5. The first-order valence-corrected chi connectivity index (χ1v) is 13.9. The Balaban J connectivity index is 1.46. The molecule has 0 atom stereocenters. The van der Waals surface area contributed by atoms with Crippen LogP contribution in [-0.4, -0.2) is 40.7 Å². The van der Waals surface area contributed by atoms with E-state index in [0.29, 0.717) is 10.9 Å². The van der Waals surface area contributed by atoms with E-state index < -0.39 is 0 Å². The summed E-state index contributed by atoms with van der Waals surface area (Å²) in [5.74, 6) is 3.95. The molecule has 0 radical (unpaired) electrons. The maximum Gasteiger partial charge on any atom is 0.127 e. The number of hydrogen-bond acceptors (Lipinski definition) is 4. The third-order valence-corrected chi connectivity index (χ3v) is 6.72. The van der Waals surface area contributed by atoms with Gasteiger partial charge in [0.15, 0.2) is 0 Å². The summed E-state index contributed by atoms with van der Waals surface area (Å²) in [5, 5.41) is 0.689. The van der Waals surface area contributed by atoms with Gasteiger partial charge in [-0.2, -0.15) is 0 Å². The van der Waals surface area contributed by atoms with Crippen molar-refractivity contribution in [1.82, 2.24) is 14.5 Å². The Morgan fingerprint density at radius 1 is 0.842 bits per heavy atom. The average Bonchev–Trinajstić information content (AvgIpc) is 3.34. The van der Waals surface area contributed by atoms with Gasteiger partial charge in [-0.3, -0.25) is 0 Å². The summed E-state index contributed by atoms with van der Waals surface area (Å²) >= 11 is 5.98. The van der Waals surface area contributed by atoms with E-state index in [9.17, 15) is 0 Å². The summed E-state index contributed by atoms with van der Waals surface area (Å²) in [5.41, 5.74) is 3.08. The molecule has 0 bridgehead atoms. The van der Waals surface area contributed by atoms with Crippen molar-refractivity contribution in [2.45, 2.75) is 40.5 Å². The van der Waals surface area contributed by atoms with Crippen LogP contribution in [0.3, 0.4) is 0 Å². The molecule has 0 aliphatic heterocycles. The topological polar surface area (TPSA) is 39.5 Å². The number of halogens is 1. The molecule has 38 heavy (non-hydrogen) atoms. The quantitative estimate of drug-likeness (QED) is 0.163. The second kappa shape index (κ2) is 13.5. The molecular weight excluding hydrogens is 494 g/mol. The standard InChI is InChI=1S/C32H38ClN3O2/c1-5-35(6-2)20-7-21-37-28-14-8-25(9-15-28)31-23-36(32(34-31)22-24(3)4)27-12-18-30(19-13-27)38-29-16-10-26(33)11-17-29/h8-19,23-24H,5-7,20-22H2,1-4H3. The normalized spacial score (nSPS) is 11.3. The van der Waals surface area contributed by atoms with Crippen molar-refractivity contribution in [2.75, 3.05) is 26.2 Å². The van der Waals surface area contributed by atoms with E-state index in [-0.39, 0.29) is 0 Å². The third-order valence-electron chi connectivity index (χ3n) is 6.47. The molecular formula is C32H38ClN3O2. The zero-order chi connectivity index (χ0) is 26.9. The number of benzene rings is 3. The van der Waals surface area contributed by atoms with E-state index >= 15 is 0 Å². The van der Waals surface area contributed by atoms with E-state index in [1.807, 2.05) is 48.5 Å². The molecule has 4 rings (SSSR count). The predicted octanol–water partition coefficient (Wildman–Crippen LogP) is 8.29. The molecule has 0 N–H and O–H groups in total. The minimum absolute atomic E-state index is 0.489. The van der Waals surface area contributed by atoms with Crippen molar-refractivity contribution in [3.63, 3.8) is 0 Å². The molecule has 0 amide bonds. The van der Waals surface area contributed by atoms with Gasteiger partial charge in [-0.25, -0.2) is 4.98 Å². The van der Waals surface area contributed by atoms with Gasteiger partial charge in [0.2, 0.25) is 0 Å². The second-order valence-corrected chi connectivity index (χ2v) is 10.2. The summed E-state index contributed by atoms with van der Waals surface area (Å²) < 4.78 is 14.1. The molecule has 1 heterocycles. The minimum atomic E-state index is 0.489. The molecule has 0 unspecified atom stereocenters. The Bertz CT molecular complexity index is 1260. The Morgan fingerprint density at radius 2 is 1.45 bits per heavy atom. The third kappa shape index (κ3) is 7.62. The van der Waals surface area contributed by atoms with Crippen LogP contribution in [0.1, 0.15) is 39.9 Å². The van der Waals surface area contributed by atoms with Gasteiger partial charge in [0.25, 0.3) is 0 Å². The Hall–Kier alpha value is -3.28. The molecule has 3 aromatic carbocycles. The van der Waals surface area contributed by atoms with Crippen molar-refractivity contribution in [3.8, 4) is 34.2 Å². The second-order valence-electron chi connectivity index (χ2n) is 9.81. The highest BCUT2D eigenvalue weighted by atomic mass is 35.5. The fourth-order valence-electron chi connectivity index (χ4n) is 4.34. The van der Waals surface area contributed by atoms with Gasteiger partial charge in [-0.15, -0.1) is 0 Å². The zero-order valence-electron chi connectivity index (χ0n) is 22.9. The van der Waals surface area contributed by atoms with Crippen LogP contribution in [0.2, 0.25) is 5.02 Å². The minimum Gasteiger partial charge on any atom is -0.494 e. The van der Waals surface area contributed by atoms with Crippen LogP contribution in [0.15, 0.2) is 79.0 Å². The van der Waals surface area contributed by atoms with Gasteiger partial charge >= 0.3 is 0 Å². The number of hydrogen-bond donors (Lipinski definition) is 0. The molecule has 0 fully saturated rings. The van der Waals surface area contributed by atoms with Crippen molar-refractivity contribution in [1.29, 1.82) is 0 Å². The fraction of sp³-hybridized carbons (Fsp3) is 0.344. The first kappa shape index (κ1) is 27.7. The highest BCUT2D eigenvalue weighted by Gasteiger charge is 2.13. The summed E-state index contributed by atoms with van der Waals surface area (Å²) in [6, 6.07) is 23.7. The fourth-order valence-corrected chi connectivity index (χ4v) is 4.47.